The van der Waals surface area contributed by atoms with Crippen molar-refractivity contribution >= 4 is 11.7 Å². The lowest BCUT2D eigenvalue weighted by molar-refractivity contribution is 0.0343. The van der Waals surface area contributed by atoms with Crippen LogP contribution in [0.25, 0.3) is 0 Å². The minimum Gasteiger partial charge on any atom is -0.478 e. The van der Waals surface area contributed by atoms with Crippen LogP contribution in [0.1, 0.15) is 24.2 Å². The van der Waals surface area contributed by atoms with Crippen molar-refractivity contribution in [3.63, 3.8) is 0 Å². The third-order valence-corrected chi connectivity index (χ3v) is 2.41. The molecule has 0 amide bonds. The van der Waals surface area contributed by atoms with Gasteiger partial charge < -0.3 is 15.2 Å². The Hall–Kier alpha value is -1.55. The summed E-state index contributed by atoms with van der Waals surface area (Å²) in [6, 6.07) is 6.82. The van der Waals surface area contributed by atoms with Crippen LogP contribution in [-0.4, -0.2) is 30.3 Å². The highest BCUT2D eigenvalue weighted by Gasteiger charge is 2.17. The molecule has 16 heavy (non-hydrogen) atoms. The van der Waals surface area contributed by atoms with Gasteiger partial charge >= 0.3 is 5.97 Å². The lowest BCUT2D eigenvalue weighted by Gasteiger charge is -2.24. The second kappa shape index (κ2) is 4.99. The van der Waals surface area contributed by atoms with Gasteiger partial charge in [0, 0.05) is 19.3 Å². The number of nitrogens with one attached hydrogen (secondary N) is 1. The first-order valence-corrected chi connectivity index (χ1v) is 5.07. The molecule has 4 heteroatoms. The van der Waals surface area contributed by atoms with E-state index in [4.69, 9.17) is 9.84 Å². The number of aromatic carboxylic acids is 1. The largest absolute Gasteiger partial charge is 0.478 e. The first-order valence-electron chi connectivity index (χ1n) is 5.07. The molecule has 0 atom stereocenters. The van der Waals surface area contributed by atoms with E-state index in [9.17, 15) is 4.79 Å². The average molecular weight is 223 g/mol. The average Bonchev–Trinajstić information content (AvgIpc) is 2.27. The molecule has 2 N–H and O–H groups in total. The maximum Gasteiger partial charge on any atom is 0.337 e. The highest BCUT2D eigenvalue weighted by molar-refractivity contribution is 5.94. The molecule has 88 valence electrons. The first-order chi connectivity index (χ1) is 7.46. The number of hydrogen-bond acceptors (Lipinski definition) is 3. The molecule has 4 nitrogen and oxygen atoms in total. The molecular weight excluding hydrogens is 206 g/mol. The van der Waals surface area contributed by atoms with Gasteiger partial charge in [-0.15, -0.1) is 0 Å². The van der Waals surface area contributed by atoms with Crippen LogP contribution in [0, 0.1) is 0 Å². The highest BCUT2D eigenvalue weighted by Crippen LogP contribution is 2.17. The monoisotopic (exact) mass is 223 g/mol. The van der Waals surface area contributed by atoms with Crippen molar-refractivity contribution in [2.24, 2.45) is 0 Å². The van der Waals surface area contributed by atoms with Crippen LogP contribution in [0.3, 0.4) is 0 Å². The Balaban J connectivity index is 2.78. The van der Waals surface area contributed by atoms with Crippen LogP contribution in [0.4, 0.5) is 5.69 Å². The zero-order valence-corrected chi connectivity index (χ0v) is 9.78. The van der Waals surface area contributed by atoms with Gasteiger partial charge in [0.1, 0.15) is 0 Å². The summed E-state index contributed by atoms with van der Waals surface area (Å²) in [4.78, 5) is 10.9. The second-order valence-electron chi connectivity index (χ2n) is 4.17. The van der Waals surface area contributed by atoms with E-state index in [2.05, 4.69) is 5.32 Å². The molecule has 1 aromatic rings. The van der Waals surface area contributed by atoms with Crippen molar-refractivity contribution in [1.29, 1.82) is 0 Å². The normalized spacial score (nSPS) is 11.2. The summed E-state index contributed by atoms with van der Waals surface area (Å²) in [6.07, 6.45) is 0. The number of rotatable bonds is 5. The van der Waals surface area contributed by atoms with Crippen LogP contribution in [0.5, 0.6) is 0 Å². The van der Waals surface area contributed by atoms with Gasteiger partial charge in [-0.1, -0.05) is 12.1 Å². The molecule has 1 aromatic carbocycles. The predicted molar refractivity (Wildman–Crippen MR) is 63.0 cm³/mol. The van der Waals surface area contributed by atoms with Crippen LogP contribution in [0.2, 0.25) is 0 Å². The summed E-state index contributed by atoms with van der Waals surface area (Å²) in [6.45, 7) is 4.42. The molecule has 0 bridgehead atoms. The summed E-state index contributed by atoms with van der Waals surface area (Å²) in [5.41, 5.74) is 0.556. The van der Waals surface area contributed by atoms with Gasteiger partial charge in [-0.2, -0.15) is 0 Å². The summed E-state index contributed by atoms with van der Waals surface area (Å²) >= 11 is 0. The summed E-state index contributed by atoms with van der Waals surface area (Å²) in [5.74, 6) is -0.932. The molecule has 0 radical (unpaired) electrons. The van der Waals surface area contributed by atoms with Crippen molar-refractivity contribution in [1.82, 2.24) is 0 Å². The summed E-state index contributed by atoms with van der Waals surface area (Å²) in [7, 11) is 1.63. The van der Waals surface area contributed by atoms with E-state index >= 15 is 0 Å². The molecule has 0 aliphatic heterocycles. The molecule has 0 aliphatic rings. The van der Waals surface area contributed by atoms with Crippen molar-refractivity contribution in [2.45, 2.75) is 19.4 Å². The van der Waals surface area contributed by atoms with E-state index in [0.29, 0.717) is 12.2 Å². The van der Waals surface area contributed by atoms with Crippen LogP contribution in [-0.2, 0) is 4.74 Å². The lowest BCUT2D eigenvalue weighted by Crippen LogP contribution is -2.32. The Morgan fingerprint density at radius 3 is 2.62 bits per heavy atom. The van der Waals surface area contributed by atoms with E-state index in [1.165, 1.54) is 0 Å². The standard InChI is InChI=1S/C12H17NO3/c1-12(2,16-3)8-13-10-7-5-4-6-9(10)11(14)15/h4-7,13H,8H2,1-3H3,(H,14,15). The van der Waals surface area contributed by atoms with Gasteiger partial charge in [-0.05, 0) is 26.0 Å². The Kier molecular flexibility index (Phi) is 3.90. The van der Waals surface area contributed by atoms with Crippen molar-refractivity contribution in [3.8, 4) is 0 Å². The molecule has 0 aromatic heterocycles. The predicted octanol–water partition coefficient (Wildman–Crippen LogP) is 2.22. The summed E-state index contributed by atoms with van der Waals surface area (Å²) in [5, 5.41) is 12.1. The number of carbonyl (C=O) groups is 1. The topological polar surface area (TPSA) is 58.6 Å². The fourth-order valence-electron chi connectivity index (χ4n) is 1.20. The molecule has 0 unspecified atom stereocenters. The molecule has 0 saturated heterocycles. The van der Waals surface area contributed by atoms with Crippen LogP contribution in [0.15, 0.2) is 24.3 Å². The number of ether oxygens (including phenoxy) is 1. The Morgan fingerprint density at radius 2 is 2.06 bits per heavy atom. The number of carboxylic acid groups (broad SMARTS) is 1. The molecule has 0 spiro atoms. The third kappa shape index (κ3) is 3.24. The quantitative estimate of drug-likeness (QED) is 0.803. The van der Waals surface area contributed by atoms with E-state index < -0.39 is 5.97 Å². The maximum atomic E-state index is 10.9. The highest BCUT2D eigenvalue weighted by atomic mass is 16.5. The van der Waals surface area contributed by atoms with E-state index in [-0.39, 0.29) is 11.2 Å². The number of hydrogen-bond donors (Lipinski definition) is 2. The number of para-hydroxylation sites is 1. The molecule has 0 heterocycles. The van der Waals surface area contributed by atoms with Crippen molar-refractivity contribution in [3.05, 3.63) is 29.8 Å². The van der Waals surface area contributed by atoms with Crippen LogP contribution < -0.4 is 5.32 Å². The van der Waals surface area contributed by atoms with Gasteiger partial charge in [0.05, 0.1) is 11.2 Å². The fraction of sp³-hybridized carbons (Fsp3) is 0.417. The minimum absolute atomic E-state index is 0.273. The number of benzene rings is 1. The molecule has 1 rings (SSSR count). The summed E-state index contributed by atoms with van der Waals surface area (Å²) < 4.78 is 5.25. The van der Waals surface area contributed by atoms with Gasteiger partial charge in [0.2, 0.25) is 0 Å². The van der Waals surface area contributed by atoms with Crippen molar-refractivity contribution < 1.29 is 14.6 Å². The molecular formula is C12H17NO3. The first kappa shape index (κ1) is 12.5. The van der Waals surface area contributed by atoms with Gasteiger partial charge in [-0.3, -0.25) is 0 Å². The minimum atomic E-state index is -0.932. The zero-order valence-electron chi connectivity index (χ0n) is 9.78. The van der Waals surface area contributed by atoms with Gasteiger partial charge in [-0.25, -0.2) is 4.79 Å². The Morgan fingerprint density at radius 1 is 1.44 bits per heavy atom. The Bertz CT molecular complexity index is 374. The third-order valence-electron chi connectivity index (χ3n) is 2.41. The van der Waals surface area contributed by atoms with Crippen molar-refractivity contribution in [2.75, 3.05) is 19.0 Å². The number of carboxylic acids is 1. The molecule has 0 saturated carbocycles. The SMILES string of the molecule is COC(C)(C)CNc1ccccc1C(=O)O. The maximum absolute atomic E-state index is 10.9. The van der Waals surface area contributed by atoms with Gasteiger partial charge in [0.15, 0.2) is 0 Å². The van der Waals surface area contributed by atoms with E-state index in [1.54, 1.807) is 31.4 Å². The smallest absolute Gasteiger partial charge is 0.337 e. The van der Waals surface area contributed by atoms with E-state index in [0.717, 1.165) is 0 Å². The van der Waals surface area contributed by atoms with E-state index in [1.807, 2.05) is 13.8 Å². The van der Waals surface area contributed by atoms with Crippen LogP contribution >= 0.6 is 0 Å². The fourth-order valence-corrected chi connectivity index (χ4v) is 1.20. The number of methoxy groups -OCH3 is 1. The molecule has 0 fully saturated rings. The lowest BCUT2D eigenvalue weighted by atomic mass is 10.1. The Labute approximate surface area is 95.2 Å². The molecule has 0 aliphatic carbocycles. The van der Waals surface area contributed by atoms with Gasteiger partial charge in [0.25, 0.3) is 0 Å². The second-order valence-corrected chi connectivity index (χ2v) is 4.17. The zero-order chi connectivity index (χ0) is 12.2. The number of anilines is 1.